The van der Waals surface area contributed by atoms with Crippen molar-refractivity contribution in [2.24, 2.45) is 7.05 Å². The number of aliphatic hydroxyl groups excluding tert-OH is 1. The lowest BCUT2D eigenvalue weighted by Crippen LogP contribution is -2.32. The molecular weight excluding hydrogens is 334 g/mol. The van der Waals surface area contributed by atoms with Gasteiger partial charge in [-0.15, -0.1) is 11.3 Å². The number of nitrogens with one attached hydrogen (secondary N) is 2. The summed E-state index contributed by atoms with van der Waals surface area (Å²) in [6.45, 7) is 2.09. The summed E-state index contributed by atoms with van der Waals surface area (Å²) in [6.07, 6.45) is 2.42. The van der Waals surface area contributed by atoms with Crippen molar-refractivity contribution in [1.29, 1.82) is 0 Å². The van der Waals surface area contributed by atoms with Gasteiger partial charge in [0.15, 0.2) is 5.13 Å². The minimum absolute atomic E-state index is 0.0403. The molecule has 0 bridgehead atoms. The monoisotopic (exact) mass is 353 g/mol. The summed E-state index contributed by atoms with van der Waals surface area (Å²) in [6, 6.07) is -0.491. The molecule has 2 amide bonds. The Morgan fingerprint density at radius 3 is 2.96 bits per heavy atom. The van der Waals surface area contributed by atoms with Crippen molar-refractivity contribution in [1.82, 2.24) is 20.1 Å². The molecule has 0 aliphatic rings. The molecule has 24 heavy (non-hydrogen) atoms. The van der Waals surface area contributed by atoms with Crippen LogP contribution in [0.25, 0.3) is 0 Å². The highest BCUT2D eigenvalue weighted by Gasteiger charge is 2.13. The Morgan fingerprint density at radius 2 is 2.29 bits per heavy atom. The van der Waals surface area contributed by atoms with Gasteiger partial charge < -0.3 is 15.2 Å². The van der Waals surface area contributed by atoms with Crippen LogP contribution in [0.2, 0.25) is 0 Å². The molecule has 0 aliphatic heterocycles. The molecule has 130 valence electrons. The fourth-order valence-electron chi connectivity index (χ4n) is 1.87. The van der Waals surface area contributed by atoms with Gasteiger partial charge in [-0.2, -0.15) is 5.10 Å². The van der Waals surface area contributed by atoms with E-state index in [4.69, 9.17) is 4.74 Å². The molecule has 0 unspecified atom stereocenters. The van der Waals surface area contributed by atoms with Crippen molar-refractivity contribution < 1.29 is 19.4 Å². The van der Waals surface area contributed by atoms with E-state index in [9.17, 15) is 14.7 Å². The third kappa shape index (κ3) is 5.32. The standard InChI is InChI=1S/C14H19N5O4S/c1-3-23-12(21)4-10-8-24-14(17-10)18-13(22)15-6-11(20)9-5-16-19(2)7-9/h5,7-8,11,20H,3-4,6H2,1-2H3,(H2,15,17,18,22)/t11-/m0/s1. The second-order valence-electron chi connectivity index (χ2n) is 4.92. The van der Waals surface area contributed by atoms with Crippen molar-refractivity contribution in [3.8, 4) is 0 Å². The molecule has 0 saturated heterocycles. The van der Waals surface area contributed by atoms with Gasteiger partial charge >= 0.3 is 12.0 Å². The number of aliphatic hydroxyl groups is 1. The Bertz CT molecular complexity index is 699. The van der Waals surface area contributed by atoms with Gasteiger partial charge in [-0.3, -0.25) is 14.8 Å². The number of carbonyl (C=O) groups excluding carboxylic acids is 2. The summed E-state index contributed by atoms with van der Waals surface area (Å²) >= 11 is 1.21. The summed E-state index contributed by atoms with van der Waals surface area (Å²) in [5, 5.41) is 21.0. The summed E-state index contributed by atoms with van der Waals surface area (Å²) in [5.74, 6) is -0.363. The van der Waals surface area contributed by atoms with E-state index in [1.54, 1.807) is 30.2 Å². The van der Waals surface area contributed by atoms with Gasteiger partial charge in [0.25, 0.3) is 0 Å². The Hall–Kier alpha value is -2.46. The molecule has 3 N–H and O–H groups in total. The third-order valence-electron chi connectivity index (χ3n) is 2.97. The Labute approximate surface area is 142 Å². The Morgan fingerprint density at radius 1 is 1.50 bits per heavy atom. The van der Waals surface area contributed by atoms with Crippen molar-refractivity contribution in [2.45, 2.75) is 19.4 Å². The number of ether oxygens (including phenoxy) is 1. The topological polar surface area (TPSA) is 118 Å². The minimum atomic E-state index is -0.847. The molecule has 0 fully saturated rings. The van der Waals surface area contributed by atoms with E-state index in [1.165, 1.54) is 17.5 Å². The summed E-state index contributed by atoms with van der Waals surface area (Å²) in [5.41, 5.74) is 1.15. The number of hydrogen-bond acceptors (Lipinski definition) is 7. The van der Waals surface area contributed by atoms with E-state index < -0.39 is 12.1 Å². The quantitative estimate of drug-likeness (QED) is 0.635. The molecule has 0 aliphatic carbocycles. The molecular formula is C14H19N5O4S. The fraction of sp³-hybridized carbons (Fsp3) is 0.429. The maximum absolute atomic E-state index is 11.8. The number of rotatable bonds is 7. The smallest absolute Gasteiger partial charge is 0.321 e. The molecule has 10 heteroatoms. The van der Waals surface area contributed by atoms with Crippen LogP contribution in [0.1, 0.15) is 24.3 Å². The number of nitrogens with zero attached hydrogens (tertiary/aromatic N) is 3. The zero-order chi connectivity index (χ0) is 17.5. The van der Waals surface area contributed by atoms with Crippen LogP contribution < -0.4 is 10.6 Å². The van der Waals surface area contributed by atoms with Gasteiger partial charge in [0.1, 0.15) is 0 Å². The second-order valence-corrected chi connectivity index (χ2v) is 5.78. The number of esters is 1. The van der Waals surface area contributed by atoms with Crippen molar-refractivity contribution in [3.05, 3.63) is 29.0 Å². The fourth-order valence-corrected chi connectivity index (χ4v) is 2.57. The number of hydrogen-bond donors (Lipinski definition) is 3. The van der Waals surface area contributed by atoms with E-state index in [0.29, 0.717) is 23.0 Å². The maximum Gasteiger partial charge on any atom is 0.321 e. The lowest BCUT2D eigenvalue weighted by atomic mass is 10.2. The van der Waals surface area contributed by atoms with E-state index in [0.717, 1.165) is 0 Å². The summed E-state index contributed by atoms with van der Waals surface area (Å²) < 4.78 is 6.40. The van der Waals surface area contributed by atoms with Gasteiger partial charge in [0.2, 0.25) is 0 Å². The predicted molar refractivity (Wildman–Crippen MR) is 87.6 cm³/mol. The first-order chi connectivity index (χ1) is 11.5. The first-order valence-corrected chi connectivity index (χ1v) is 8.17. The molecule has 9 nitrogen and oxygen atoms in total. The Kier molecular flexibility index (Phi) is 6.27. The summed E-state index contributed by atoms with van der Waals surface area (Å²) in [4.78, 5) is 27.3. The molecule has 0 radical (unpaired) electrons. The van der Waals surface area contributed by atoms with Crippen LogP contribution in [0, 0.1) is 0 Å². The van der Waals surface area contributed by atoms with Crippen LogP contribution in [-0.2, 0) is 23.0 Å². The van der Waals surface area contributed by atoms with E-state index >= 15 is 0 Å². The zero-order valence-electron chi connectivity index (χ0n) is 13.4. The van der Waals surface area contributed by atoms with Crippen LogP contribution in [0.15, 0.2) is 17.8 Å². The van der Waals surface area contributed by atoms with E-state index in [-0.39, 0.29) is 18.9 Å². The molecule has 2 rings (SSSR count). The van der Waals surface area contributed by atoms with Gasteiger partial charge in [0.05, 0.1) is 31.0 Å². The summed E-state index contributed by atoms with van der Waals surface area (Å²) in [7, 11) is 1.74. The molecule has 0 spiro atoms. The highest BCUT2D eigenvalue weighted by Crippen LogP contribution is 2.16. The third-order valence-corrected chi connectivity index (χ3v) is 3.78. The molecule has 2 heterocycles. The molecule has 2 aromatic rings. The normalized spacial score (nSPS) is 11.8. The number of carbonyl (C=O) groups is 2. The first-order valence-electron chi connectivity index (χ1n) is 7.29. The largest absolute Gasteiger partial charge is 0.466 e. The van der Waals surface area contributed by atoms with Gasteiger partial charge in [-0.05, 0) is 6.92 Å². The van der Waals surface area contributed by atoms with E-state index in [1.807, 2.05) is 0 Å². The molecule has 2 aromatic heterocycles. The molecule has 1 atom stereocenters. The van der Waals surface area contributed by atoms with Gasteiger partial charge in [0, 0.05) is 30.7 Å². The zero-order valence-corrected chi connectivity index (χ0v) is 14.2. The van der Waals surface area contributed by atoms with Crippen LogP contribution in [0.3, 0.4) is 0 Å². The van der Waals surface area contributed by atoms with Gasteiger partial charge in [-0.1, -0.05) is 0 Å². The minimum Gasteiger partial charge on any atom is -0.466 e. The number of amides is 2. The van der Waals surface area contributed by atoms with Crippen molar-refractivity contribution >= 4 is 28.5 Å². The van der Waals surface area contributed by atoms with Crippen molar-refractivity contribution in [2.75, 3.05) is 18.5 Å². The number of thiazole rings is 1. The average molecular weight is 353 g/mol. The highest BCUT2D eigenvalue weighted by molar-refractivity contribution is 7.13. The first kappa shape index (κ1) is 17.9. The number of aryl methyl sites for hydroxylation is 1. The number of aromatic nitrogens is 3. The van der Waals surface area contributed by atoms with Crippen LogP contribution >= 0.6 is 11.3 Å². The lowest BCUT2D eigenvalue weighted by molar-refractivity contribution is -0.142. The van der Waals surface area contributed by atoms with Crippen LogP contribution in [-0.4, -0.2) is 45.0 Å². The van der Waals surface area contributed by atoms with Gasteiger partial charge in [-0.25, -0.2) is 9.78 Å². The van der Waals surface area contributed by atoms with E-state index in [2.05, 4.69) is 20.7 Å². The van der Waals surface area contributed by atoms with Crippen LogP contribution in [0.5, 0.6) is 0 Å². The second kappa shape index (κ2) is 8.41. The maximum atomic E-state index is 11.8. The number of anilines is 1. The predicted octanol–water partition coefficient (Wildman–Crippen LogP) is 0.837. The average Bonchev–Trinajstić information content (AvgIpc) is 3.14. The van der Waals surface area contributed by atoms with Crippen LogP contribution in [0.4, 0.5) is 9.93 Å². The molecule has 0 aromatic carbocycles. The number of urea groups is 1. The highest BCUT2D eigenvalue weighted by atomic mass is 32.1. The lowest BCUT2D eigenvalue weighted by Gasteiger charge is -2.10. The van der Waals surface area contributed by atoms with Crippen molar-refractivity contribution in [3.63, 3.8) is 0 Å². The SMILES string of the molecule is CCOC(=O)Cc1csc(NC(=O)NC[C@H](O)c2cnn(C)c2)n1. The molecule has 0 saturated carbocycles. The Balaban J connectivity index is 1.78.